The molecule has 0 aliphatic heterocycles. The number of benzene rings is 1. The third-order valence-corrected chi connectivity index (χ3v) is 5.75. The molecule has 0 atom stereocenters. The molecule has 3 rings (SSSR count). The van der Waals surface area contributed by atoms with Gasteiger partial charge in [0.1, 0.15) is 12.3 Å². The summed E-state index contributed by atoms with van der Waals surface area (Å²) >= 11 is 7.39. The average Bonchev–Trinajstić information content (AvgIpc) is 3.14. The summed E-state index contributed by atoms with van der Waals surface area (Å²) in [7, 11) is -3.62. The number of halogens is 1. The van der Waals surface area contributed by atoms with Crippen molar-refractivity contribution in [1.29, 1.82) is 0 Å². The topological polar surface area (TPSA) is 81.2 Å². The summed E-state index contributed by atoms with van der Waals surface area (Å²) < 4.78 is 32.1. The Bertz CT molecular complexity index is 930. The number of hydrogen-bond donors (Lipinski definition) is 1. The third kappa shape index (κ3) is 4.76. The van der Waals surface area contributed by atoms with Crippen molar-refractivity contribution >= 4 is 33.0 Å². The molecule has 6 nitrogen and oxygen atoms in total. The van der Waals surface area contributed by atoms with E-state index in [4.69, 9.17) is 16.3 Å². The summed E-state index contributed by atoms with van der Waals surface area (Å²) in [5.41, 5.74) is 0.768. The van der Waals surface area contributed by atoms with Gasteiger partial charge in [0.05, 0.1) is 9.77 Å². The van der Waals surface area contributed by atoms with Crippen LogP contribution in [0.3, 0.4) is 0 Å². The Morgan fingerprint density at radius 1 is 1.12 bits per heavy atom. The van der Waals surface area contributed by atoms with E-state index in [9.17, 15) is 8.42 Å². The number of nitrogens with zero attached hydrogens (tertiary/aromatic N) is 2. The molecule has 0 amide bonds. The summed E-state index contributed by atoms with van der Waals surface area (Å²) in [6.45, 7) is 0.232. The monoisotopic (exact) mass is 395 g/mol. The van der Waals surface area contributed by atoms with Crippen molar-refractivity contribution in [2.75, 3.05) is 13.2 Å². The number of ether oxygens (including phenoxy) is 1. The number of thiophene rings is 1. The lowest BCUT2D eigenvalue weighted by Crippen LogP contribution is -2.28. The van der Waals surface area contributed by atoms with Gasteiger partial charge in [-0.2, -0.15) is 0 Å². The van der Waals surface area contributed by atoms with Gasteiger partial charge in [-0.25, -0.2) is 13.1 Å². The Hall–Kier alpha value is -2.00. The molecular weight excluding hydrogens is 382 g/mol. The van der Waals surface area contributed by atoms with E-state index in [-0.39, 0.29) is 18.0 Å². The fourth-order valence-electron chi connectivity index (χ4n) is 2.00. The lowest BCUT2D eigenvalue weighted by molar-refractivity contribution is 0.307. The Labute approximate surface area is 154 Å². The van der Waals surface area contributed by atoms with Crippen LogP contribution in [0.2, 0.25) is 5.02 Å². The number of aromatic nitrogens is 2. The summed E-state index contributed by atoms with van der Waals surface area (Å²) in [6, 6.07) is 13.5. The van der Waals surface area contributed by atoms with Crippen LogP contribution in [0.4, 0.5) is 0 Å². The van der Waals surface area contributed by atoms with E-state index in [1.807, 2.05) is 23.6 Å². The molecule has 25 heavy (non-hydrogen) atoms. The van der Waals surface area contributed by atoms with Crippen molar-refractivity contribution in [2.24, 2.45) is 0 Å². The molecular formula is C16H14ClN3O3S2. The first-order valence-electron chi connectivity index (χ1n) is 7.30. The van der Waals surface area contributed by atoms with Crippen LogP contribution in [0.1, 0.15) is 0 Å². The highest BCUT2D eigenvalue weighted by molar-refractivity contribution is 7.89. The molecule has 2 heterocycles. The van der Waals surface area contributed by atoms with Crippen LogP contribution in [-0.2, 0) is 10.0 Å². The zero-order valence-corrected chi connectivity index (χ0v) is 15.3. The zero-order chi connectivity index (χ0) is 17.7. The Balaban J connectivity index is 1.51. The van der Waals surface area contributed by atoms with Crippen LogP contribution in [-0.4, -0.2) is 31.8 Å². The molecule has 130 valence electrons. The molecule has 1 aromatic carbocycles. The first-order chi connectivity index (χ1) is 12.0. The quantitative estimate of drug-likeness (QED) is 0.621. The lowest BCUT2D eigenvalue weighted by atomic mass is 10.3. The SMILES string of the molecule is O=S(=O)(NCCOc1ccc(-c2cccs2)nn1)c1cccc(Cl)c1. The minimum atomic E-state index is -3.62. The second-order valence-electron chi connectivity index (χ2n) is 4.94. The van der Waals surface area contributed by atoms with Crippen LogP contribution in [0.15, 0.2) is 58.8 Å². The molecule has 0 unspecified atom stereocenters. The first kappa shape index (κ1) is 17.8. The molecule has 1 N–H and O–H groups in total. The van der Waals surface area contributed by atoms with Gasteiger partial charge in [0.15, 0.2) is 0 Å². The van der Waals surface area contributed by atoms with Crippen LogP contribution in [0.25, 0.3) is 10.6 Å². The smallest absolute Gasteiger partial charge is 0.240 e. The molecule has 0 radical (unpaired) electrons. The first-order valence-corrected chi connectivity index (χ1v) is 10.0. The maximum Gasteiger partial charge on any atom is 0.240 e. The predicted octanol–water partition coefficient (Wildman–Crippen LogP) is 3.22. The van der Waals surface area contributed by atoms with Crippen LogP contribution in [0, 0.1) is 0 Å². The maximum absolute atomic E-state index is 12.1. The Morgan fingerprint density at radius 2 is 2.00 bits per heavy atom. The molecule has 0 spiro atoms. The Kier molecular flexibility index (Phi) is 5.64. The summed E-state index contributed by atoms with van der Waals surface area (Å²) in [5.74, 6) is 0.335. The van der Waals surface area contributed by atoms with E-state index in [1.54, 1.807) is 29.5 Å². The maximum atomic E-state index is 12.1. The summed E-state index contributed by atoms with van der Waals surface area (Å²) in [6.07, 6.45) is 0. The molecule has 2 aromatic heterocycles. The van der Waals surface area contributed by atoms with Gasteiger partial charge < -0.3 is 4.74 Å². The fraction of sp³-hybridized carbons (Fsp3) is 0.125. The predicted molar refractivity (Wildman–Crippen MR) is 97.5 cm³/mol. The van der Waals surface area contributed by atoms with Gasteiger partial charge in [0.2, 0.25) is 15.9 Å². The minimum absolute atomic E-state index is 0.100. The molecule has 9 heteroatoms. The third-order valence-electron chi connectivity index (χ3n) is 3.16. The van der Waals surface area contributed by atoms with Crippen LogP contribution in [0.5, 0.6) is 5.88 Å². The average molecular weight is 396 g/mol. The summed E-state index contributed by atoms with van der Waals surface area (Å²) in [5, 5.41) is 10.4. The van der Waals surface area contributed by atoms with Gasteiger partial charge in [-0.05, 0) is 35.7 Å². The molecule has 0 aliphatic rings. The van der Waals surface area contributed by atoms with Crippen molar-refractivity contribution in [2.45, 2.75) is 4.90 Å². The van der Waals surface area contributed by atoms with E-state index in [2.05, 4.69) is 14.9 Å². The second kappa shape index (κ2) is 7.92. The standard InChI is InChI=1S/C16H14ClN3O3S2/c17-12-3-1-4-13(11-12)25(21,22)18-8-9-23-16-7-6-14(19-20-16)15-5-2-10-24-15/h1-7,10-11,18H,8-9H2. The highest BCUT2D eigenvalue weighted by atomic mass is 35.5. The van der Waals surface area contributed by atoms with Gasteiger partial charge >= 0.3 is 0 Å². The molecule has 0 bridgehead atoms. The van der Waals surface area contributed by atoms with E-state index in [0.717, 1.165) is 10.6 Å². The summed E-state index contributed by atoms with van der Waals surface area (Å²) in [4.78, 5) is 1.13. The zero-order valence-electron chi connectivity index (χ0n) is 12.9. The van der Waals surface area contributed by atoms with Gasteiger partial charge in [-0.1, -0.05) is 23.7 Å². The highest BCUT2D eigenvalue weighted by Crippen LogP contribution is 2.22. The Morgan fingerprint density at radius 3 is 2.68 bits per heavy atom. The van der Waals surface area contributed by atoms with Gasteiger partial charge in [-0.15, -0.1) is 21.5 Å². The van der Waals surface area contributed by atoms with E-state index < -0.39 is 10.0 Å². The van der Waals surface area contributed by atoms with E-state index >= 15 is 0 Å². The highest BCUT2D eigenvalue weighted by Gasteiger charge is 2.13. The molecule has 0 fully saturated rings. The lowest BCUT2D eigenvalue weighted by Gasteiger charge is -2.08. The number of sulfonamides is 1. The van der Waals surface area contributed by atoms with E-state index in [1.165, 1.54) is 12.1 Å². The van der Waals surface area contributed by atoms with Crippen molar-refractivity contribution in [3.63, 3.8) is 0 Å². The normalized spacial score (nSPS) is 11.4. The fourth-order valence-corrected chi connectivity index (χ4v) is 4.01. The van der Waals surface area contributed by atoms with Crippen LogP contribution < -0.4 is 9.46 Å². The number of rotatable bonds is 7. The molecule has 0 aliphatic carbocycles. The van der Waals surface area contributed by atoms with Gasteiger partial charge in [0, 0.05) is 17.6 Å². The molecule has 3 aromatic rings. The van der Waals surface area contributed by atoms with Crippen molar-refractivity contribution in [3.8, 4) is 16.5 Å². The van der Waals surface area contributed by atoms with Crippen molar-refractivity contribution in [3.05, 3.63) is 58.9 Å². The minimum Gasteiger partial charge on any atom is -0.475 e. The van der Waals surface area contributed by atoms with Crippen molar-refractivity contribution in [1.82, 2.24) is 14.9 Å². The van der Waals surface area contributed by atoms with Crippen molar-refractivity contribution < 1.29 is 13.2 Å². The number of hydrogen-bond acceptors (Lipinski definition) is 6. The molecule has 0 saturated carbocycles. The van der Waals surface area contributed by atoms with E-state index in [0.29, 0.717) is 10.9 Å². The van der Waals surface area contributed by atoms with Gasteiger partial charge in [0.25, 0.3) is 0 Å². The van der Waals surface area contributed by atoms with Crippen LogP contribution >= 0.6 is 22.9 Å². The molecule has 0 saturated heterocycles. The van der Waals surface area contributed by atoms with Gasteiger partial charge in [-0.3, -0.25) is 0 Å². The number of nitrogens with one attached hydrogen (secondary N) is 1. The largest absolute Gasteiger partial charge is 0.475 e. The second-order valence-corrected chi connectivity index (χ2v) is 8.09.